The molecule has 0 aliphatic heterocycles. The molecule has 0 unspecified atom stereocenters. The molecule has 1 rings (SSSR count). The first-order chi connectivity index (χ1) is 7.63. The molecule has 0 fully saturated rings. The molecule has 0 atom stereocenters. The molecule has 0 saturated heterocycles. The highest BCUT2D eigenvalue weighted by molar-refractivity contribution is 9.10. The summed E-state index contributed by atoms with van der Waals surface area (Å²) >= 11 is 8.97. The maximum atomic E-state index is 11.6. The van der Waals surface area contributed by atoms with Crippen LogP contribution < -0.4 is 0 Å². The second kappa shape index (κ2) is 5.88. The van der Waals surface area contributed by atoms with Gasteiger partial charge in [-0.2, -0.15) is 5.26 Å². The van der Waals surface area contributed by atoms with Gasteiger partial charge in [0.2, 0.25) is 0 Å². The van der Waals surface area contributed by atoms with Crippen molar-refractivity contribution in [3.8, 4) is 6.07 Å². The van der Waals surface area contributed by atoms with Crippen molar-refractivity contribution in [2.75, 3.05) is 6.61 Å². The SMILES string of the molecule is CCOC(=O)c1cc(Br)cc(CCl)c1C#N. The third kappa shape index (κ3) is 2.75. The maximum Gasteiger partial charge on any atom is 0.339 e. The molecule has 0 aromatic heterocycles. The highest BCUT2D eigenvalue weighted by Gasteiger charge is 2.16. The van der Waals surface area contributed by atoms with E-state index >= 15 is 0 Å². The topological polar surface area (TPSA) is 50.1 Å². The van der Waals surface area contributed by atoms with E-state index in [4.69, 9.17) is 21.6 Å². The van der Waals surface area contributed by atoms with Crippen molar-refractivity contribution >= 4 is 33.5 Å². The Bertz CT molecular complexity index is 454. The van der Waals surface area contributed by atoms with E-state index < -0.39 is 5.97 Å². The van der Waals surface area contributed by atoms with Gasteiger partial charge in [-0.3, -0.25) is 0 Å². The van der Waals surface area contributed by atoms with E-state index in [9.17, 15) is 4.79 Å². The first kappa shape index (κ1) is 13.0. The molecule has 0 spiro atoms. The summed E-state index contributed by atoms with van der Waals surface area (Å²) in [7, 11) is 0. The molecule has 0 N–H and O–H groups in total. The van der Waals surface area contributed by atoms with Gasteiger partial charge >= 0.3 is 5.97 Å². The van der Waals surface area contributed by atoms with E-state index in [1.807, 2.05) is 6.07 Å². The first-order valence-electron chi connectivity index (χ1n) is 4.59. The Morgan fingerprint density at radius 1 is 1.62 bits per heavy atom. The van der Waals surface area contributed by atoms with E-state index in [0.29, 0.717) is 10.0 Å². The molecular weight excluding hydrogens is 293 g/mol. The summed E-state index contributed by atoms with van der Waals surface area (Å²) in [4.78, 5) is 11.6. The third-order valence-corrected chi connectivity index (χ3v) is 2.68. The fourth-order valence-corrected chi connectivity index (χ4v) is 1.99. The van der Waals surface area contributed by atoms with Crippen LogP contribution in [0.4, 0.5) is 0 Å². The number of rotatable bonds is 3. The normalized spacial score (nSPS) is 9.62. The van der Waals surface area contributed by atoms with Crippen LogP contribution in [0.25, 0.3) is 0 Å². The molecular formula is C11H9BrClNO2. The van der Waals surface area contributed by atoms with Crippen LogP contribution in [-0.2, 0) is 10.6 Å². The van der Waals surface area contributed by atoms with Crippen LogP contribution in [0.2, 0.25) is 0 Å². The lowest BCUT2D eigenvalue weighted by atomic mass is 10.0. The largest absolute Gasteiger partial charge is 0.462 e. The zero-order valence-electron chi connectivity index (χ0n) is 8.59. The predicted octanol–water partition coefficient (Wildman–Crippen LogP) is 3.24. The smallest absolute Gasteiger partial charge is 0.339 e. The standard InChI is InChI=1S/C11H9BrClNO2/c1-2-16-11(15)9-4-8(12)3-7(5-13)10(9)6-14/h3-4H,2,5H2,1H3. The number of alkyl halides is 1. The van der Waals surface area contributed by atoms with Gasteiger partial charge in [-0.1, -0.05) is 15.9 Å². The summed E-state index contributed by atoms with van der Waals surface area (Å²) in [5.41, 5.74) is 1.13. The van der Waals surface area contributed by atoms with Gasteiger partial charge in [-0.25, -0.2) is 4.79 Å². The Hall–Kier alpha value is -1.05. The summed E-state index contributed by atoms with van der Waals surface area (Å²) in [5, 5.41) is 9.01. The van der Waals surface area contributed by atoms with Gasteiger partial charge in [0.15, 0.2) is 0 Å². The number of carbonyl (C=O) groups excluding carboxylic acids is 1. The number of esters is 1. The fraction of sp³-hybridized carbons (Fsp3) is 0.273. The molecule has 16 heavy (non-hydrogen) atoms. The minimum absolute atomic E-state index is 0.175. The van der Waals surface area contributed by atoms with E-state index in [0.717, 1.165) is 0 Å². The van der Waals surface area contributed by atoms with E-state index in [1.165, 1.54) is 0 Å². The average Bonchev–Trinajstić information content (AvgIpc) is 2.28. The number of halogens is 2. The molecule has 0 bridgehead atoms. The average molecular weight is 303 g/mol. The number of carbonyl (C=O) groups is 1. The number of benzene rings is 1. The molecule has 1 aromatic rings. The third-order valence-electron chi connectivity index (χ3n) is 1.94. The van der Waals surface area contributed by atoms with Gasteiger partial charge in [-0.05, 0) is 24.6 Å². The lowest BCUT2D eigenvalue weighted by Gasteiger charge is -2.07. The quantitative estimate of drug-likeness (QED) is 0.636. The highest BCUT2D eigenvalue weighted by atomic mass is 79.9. The van der Waals surface area contributed by atoms with Crippen molar-refractivity contribution in [3.63, 3.8) is 0 Å². The summed E-state index contributed by atoms with van der Waals surface area (Å²) in [6, 6.07) is 5.25. The van der Waals surface area contributed by atoms with Gasteiger partial charge in [0.1, 0.15) is 6.07 Å². The predicted molar refractivity (Wildman–Crippen MR) is 64.4 cm³/mol. The number of nitrogens with zero attached hydrogens (tertiary/aromatic N) is 1. The second-order valence-electron chi connectivity index (χ2n) is 2.95. The Kier molecular flexibility index (Phi) is 4.78. The Morgan fingerprint density at radius 2 is 2.31 bits per heavy atom. The van der Waals surface area contributed by atoms with Gasteiger partial charge in [0, 0.05) is 10.4 Å². The molecule has 0 aliphatic carbocycles. The van der Waals surface area contributed by atoms with E-state index in [2.05, 4.69) is 15.9 Å². The van der Waals surface area contributed by atoms with Gasteiger partial charge in [0.25, 0.3) is 0 Å². The number of hydrogen-bond donors (Lipinski definition) is 0. The van der Waals surface area contributed by atoms with E-state index in [1.54, 1.807) is 19.1 Å². The summed E-state index contributed by atoms with van der Waals surface area (Å²) < 4.78 is 5.57. The van der Waals surface area contributed by atoms with Crippen LogP contribution in [-0.4, -0.2) is 12.6 Å². The van der Waals surface area contributed by atoms with Gasteiger partial charge in [0.05, 0.1) is 17.7 Å². The molecule has 3 nitrogen and oxygen atoms in total. The summed E-state index contributed by atoms with van der Waals surface area (Å²) in [6.45, 7) is 1.98. The van der Waals surface area contributed by atoms with Crippen molar-refractivity contribution in [2.45, 2.75) is 12.8 Å². The van der Waals surface area contributed by atoms with Crippen molar-refractivity contribution < 1.29 is 9.53 Å². The lowest BCUT2D eigenvalue weighted by Crippen LogP contribution is -2.08. The molecule has 0 aliphatic rings. The summed E-state index contributed by atoms with van der Waals surface area (Å²) in [6.07, 6.45) is 0. The Labute approximate surface area is 107 Å². The minimum atomic E-state index is -0.508. The molecule has 5 heteroatoms. The molecule has 0 saturated carbocycles. The monoisotopic (exact) mass is 301 g/mol. The number of ether oxygens (including phenoxy) is 1. The molecule has 1 aromatic carbocycles. The van der Waals surface area contributed by atoms with Crippen LogP contribution in [0.1, 0.15) is 28.4 Å². The molecule has 0 heterocycles. The van der Waals surface area contributed by atoms with Gasteiger partial charge < -0.3 is 4.74 Å². The first-order valence-corrected chi connectivity index (χ1v) is 5.92. The summed E-state index contributed by atoms with van der Waals surface area (Å²) in [5.74, 6) is -0.332. The molecule has 84 valence electrons. The molecule has 0 amide bonds. The van der Waals surface area contributed by atoms with Crippen molar-refractivity contribution in [1.82, 2.24) is 0 Å². The maximum absolute atomic E-state index is 11.6. The van der Waals surface area contributed by atoms with Crippen molar-refractivity contribution in [2.24, 2.45) is 0 Å². The zero-order valence-corrected chi connectivity index (χ0v) is 10.9. The van der Waals surface area contributed by atoms with Gasteiger partial charge in [-0.15, -0.1) is 11.6 Å². The zero-order chi connectivity index (χ0) is 12.1. The van der Waals surface area contributed by atoms with E-state index in [-0.39, 0.29) is 23.6 Å². The van der Waals surface area contributed by atoms with Crippen LogP contribution in [0.3, 0.4) is 0 Å². The highest BCUT2D eigenvalue weighted by Crippen LogP contribution is 2.23. The van der Waals surface area contributed by atoms with Crippen LogP contribution in [0, 0.1) is 11.3 Å². The molecule has 0 radical (unpaired) electrons. The fourth-order valence-electron chi connectivity index (χ4n) is 1.27. The number of nitriles is 1. The van der Waals surface area contributed by atoms with Crippen LogP contribution in [0.5, 0.6) is 0 Å². The Balaban J connectivity index is 3.32. The van der Waals surface area contributed by atoms with Crippen molar-refractivity contribution in [3.05, 3.63) is 33.3 Å². The van der Waals surface area contributed by atoms with Crippen molar-refractivity contribution in [1.29, 1.82) is 5.26 Å². The second-order valence-corrected chi connectivity index (χ2v) is 4.14. The van der Waals surface area contributed by atoms with Crippen LogP contribution in [0.15, 0.2) is 16.6 Å². The Morgan fingerprint density at radius 3 is 2.81 bits per heavy atom. The number of hydrogen-bond acceptors (Lipinski definition) is 3. The van der Waals surface area contributed by atoms with Crippen LogP contribution >= 0.6 is 27.5 Å². The minimum Gasteiger partial charge on any atom is -0.462 e. The lowest BCUT2D eigenvalue weighted by molar-refractivity contribution is 0.0526.